The molecular weight excluding hydrogens is 728 g/mol. The molecule has 6 aromatic rings. The van der Waals surface area contributed by atoms with Crippen LogP contribution >= 0.6 is 43.5 Å². The fourth-order valence-corrected chi connectivity index (χ4v) is 6.49. The first-order chi connectivity index (χ1) is 21.7. The number of nitrogens with zero attached hydrogens (tertiary/aromatic N) is 2. The summed E-state index contributed by atoms with van der Waals surface area (Å²) < 4.78 is 6.72. The first-order valence-corrected chi connectivity index (χ1v) is 15.2. The van der Waals surface area contributed by atoms with Crippen molar-refractivity contribution in [3.8, 4) is 16.9 Å². The quantitative estimate of drug-likeness (QED) is 0.0554. The number of carbonyl (C=O) groups excluding carboxylic acids is 2. The maximum atomic E-state index is 13.7. The standard InChI is InChI=1S/C33H19Br2ClN4O5/c34-21-15-20(31(26(35)16-21)45-33(42)19-9-12-22(13-10-19)40(43)44)17-37-39-32(41)30-28(24-7-3-4-8-27(24)36)25-14-11-18-5-1-2-6-23(18)29(25)38-30/h1-17,38H,(H,39,41). The zero-order valence-electron chi connectivity index (χ0n) is 22.9. The van der Waals surface area contributed by atoms with Gasteiger partial charge in [-0.25, -0.2) is 10.2 Å². The third-order valence-corrected chi connectivity index (χ3v) is 8.36. The fraction of sp³-hybridized carbons (Fsp3) is 0. The Balaban J connectivity index is 1.33. The molecule has 1 aromatic heterocycles. The predicted molar refractivity (Wildman–Crippen MR) is 181 cm³/mol. The number of rotatable bonds is 7. The second kappa shape index (κ2) is 12.6. The molecule has 0 saturated carbocycles. The summed E-state index contributed by atoms with van der Waals surface area (Å²) in [6.07, 6.45) is 1.35. The van der Waals surface area contributed by atoms with Crippen molar-refractivity contribution in [3.63, 3.8) is 0 Å². The van der Waals surface area contributed by atoms with Crippen LogP contribution < -0.4 is 10.2 Å². The van der Waals surface area contributed by atoms with Crippen LogP contribution in [-0.4, -0.2) is 28.0 Å². The van der Waals surface area contributed by atoms with Crippen molar-refractivity contribution in [2.75, 3.05) is 0 Å². The minimum Gasteiger partial charge on any atom is -0.421 e. The fourth-order valence-electron chi connectivity index (χ4n) is 4.92. The lowest BCUT2D eigenvalue weighted by Crippen LogP contribution is -2.19. The van der Waals surface area contributed by atoms with Gasteiger partial charge in [-0.1, -0.05) is 82.1 Å². The molecule has 45 heavy (non-hydrogen) atoms. The van der Waals surface area contributed by atoms with Crippen LogP contribution in [0.25, 0.3) is 32.8 Å². The number of nitrogens with one attached hydrogen (secondary N) is 2. The molecule has 2 N–H and O–H groups in total. The number of H-pyrrole nitrogens is 1. The molecule has 1 heterocycles. The molecule has 6 rings (SSSR count). The van der Waals surface area contributed by atoms with E-state index in [1.54, 1.807) is 18.2 Å². The minimum atomic E-state index is -0.735. The van der Waals surface area contributed by atoms with Crippen molar-refractivity contribution in [2.45, 2.75) is 0 Å². The van der Waals surface area contributed by atoms with Crippen LogP contribution in [0.5, 0.6) is 5.75 Å². The Morgan fingerprint density at radius 2 is 1.67 bits per heavy atom. The van der Waals surface area contributed by atoms with E-state index < -0.39 is 16.8 Å². The SMILES string of the molecule is O=C(Oc1c(Br)cc(Br)cc1C=NNC(=O)c1[nH]c2c(ccc3ccccc32)c1-c1ccccc1Cl)c1ccc([N+](=O)[O-])cc1. The van der Waals surface area contributed by atoms with Crippen LogP contribution in [0.4, 0.5) is 5.69 Å². The Labute approximate surface area is 277 Å². The number of halogens is 3. The summed E-state index contributed by atoms with van der Waals surface area (Å²) in [5.74, 6) is -1.12. The number of aromatic nitrogens is 1. The highest BCUT2D eigenvalue weighted by molar-refractivity contribution is 9.11. The Bertz CT molecular complexity index is 2180. The number of nitro benzene ring substituents is 1. The lowest BCUT2D eigenvalue weighted by Gasteiger charge is -2.11. The molecule has 0 fully saturated rings. The van der Waals surface area contributed by atoms with Gasteiger partial charge in [0.1, 0.15) is 5.69 Å². The topological polar surface area (TPSA) is 127 Å². The Kier molecular flexibility index (Phi) is 8.48. The van der Waals surface area contributed by atoms with Gasteiger partial charge in [-0.3, -0.25) is 14.9 Å². The van der Waals surface area contributed by atoms with Crippen molar-refractivity contribution < 1.29 is 19.2 Å². The van der Waals surface area contributed by atoms with Crippen LogP contribution in [0.3, 0.4) is 0 Å². The van der Waals surface area contributed by atoms with Crippen LogP contribution in [-0.2, 0) is 0 Å². The van der Waals surface area contributed by atoms with Gasteiger partial charge < -0.3 is 9.72 Å². The highest BCUT2D eigenvalue weighted by Gasteiger charge is 2.22. The number of ether oxygens (including phenoxy) is 1. The van der Waals surface area contributed by atoms with Gasteiger partial charge in [-0.05, 0) is 51.6 Å². The molecule has 9 nitrogen and oxygen atoms in total. The average molecular weight is 747 g/mol. The first kappa shape index (κ1) is 30.2. The number of hydrazone groups is 1. The van der Waals surface area contributed by atoms with Gasteiger partial charge in [0.2, 0.25) is 0 Å². The van der Waals surface area contributed by atoms with E-state index >= 15 is 0 Å². The summed E-state index contributed by atoms with van der Waals surface area (Å²) in [5.41, 5.74) is 5.28. The van der Waals surface area contributed by atoms with E-state index in [4.69, 9.17) is 16.3 Å². The summed E-state index contributed by atoms with van der Waals surface area (Å²) in [6.45, 7) is 0. The van der Waals surface area contributed by atoms with E-state index in [1.807, 2.05) is 54.6 Å². The van der Waals surface area contributed by atoms with Gasteiger partial charge in [-0.15, -0.1) is 0 Å². The second-order valence-electron chi connectivity index (χ2n) is 9.76. The Hall–Kier alpha value is -4.84. The number of amides is 1. The largest absolute Gasteiger partial charge is 0.421 e. The van der Waals surface area contributed by atoms with Crippen LogP contribution in [0, 0.1) is 10.1 Å². The third-order valence-electron chi connectivity index (χ3n) is 6.98. The zero-order chi connectivity index (χ0) is 31.7. The van der Waals surface area contributed by atoms with E-state index in [-0.39, 0.29) is 22.7 Å². The molecule has 1 amide bonds. The monoisotopic (exact) mass is 744 g/mol. The van der Waals surface area contributed by atoms with E-state index in [9.17, 15) is 19.7 Å². The lowest BCUT2D eigenvalue weighted by molar-refractivity contribution is -0.384. The number of hydrogen-bond donors (Lipinski definition) is 2. The van der Waals surface area contributed by atoms with Gasteiger partial charge in [0.25, 0.3) is 11.6 Å². The smallest absolute Gasteiger partial charge is 0.343 e. The summed E-state index contributed by atoms with van der Waals surface area (Å²) in [6, 6.07) is 27.5. The van der Waals surface area contributed by atoms with E-state index in [2.05, 4.69) is 47.4 Å². The molecule has 0 atom stereocenters. The molecule has 0 radical (unpaired) electrons. The van der Waals surface area contributed by atoms with Crippen LogP contribution in [0.15, 0.2) is 111 Å². The molecule has 0 unspecified atom stereocenters. The maximum Gasteiger partial charge on any atom is 0.343 e. The van der Waals surface area contributed by atoms with Crippen LogP contribution in [0.1, 0.15) is 26.4 Å². The van der Waals surface area contributed by atoms with Crippen molar-refractivity contribution in [3.05, 3.63) is 138 Å². The van der Waals surface area contributed by atoms with Crippen molar-refractivity contribution in [2.24, 2.45) is 5.10 Å². The normalized spacial score (nSPS) is 11.3. The maximum absolute atomic E-state index is 13.7. The summed E-state index contributed by atoms with van der Waals surface area (Å²) in [5, 5.41) is 18.4. The van der Waals surface area contributed by atoms with E-state index in [0.717, 1.165) is 21.7 Å². The number of fused-ring (bicyclic) bond motifs is 3. The molecular formula is C33H19Br2ClN4O5. The number of aromatic amines is 1. The van der Waals surface area contributed by atoms with Gasteiger partial charge in [0, 0.05) is 49.1 Å². The molecule has 12 heteroatoms. The Morgan fingerprint density at radius 3 is 2.42 bits per heavy atom. The summed E-state index contributed by atoms with van der Waals surface area (Å²) in [7, 11) is 0. The molecule has 5 aromatic carbocycles. The molecule has 222 valence electrons. The van der Waals surface area contributed by atoms with Gasteiger partial charge in [-0.2, -0.15) is 5.10 Å². The number of carbonyl (C=O) groups is 2. The number of benzene rings is 5. The molecule has 0 aliphatic rings. The van der Waals surface area contributed by atoms with Crippen molar-refractivity contribution in [1.29, 1.82) is 0 Å². The number of hydrogen-bond acceptors (Lipinski definition) is 6. The highest BCUT2D eigenvalue weighted by Crippen LogP contribution is 2.39. The summed E-state index contributed by atoms with van der Waals surface area (Å²) >= 11 is 13.4. The molecule has 0 aliphatic carbocycles. The summed E-state index contributed by atoms with van der Waals surface area (Å²) in [4.78, 5) is 40.2. The number of nitro groups is 1. The predicted octanol–water partition coefficient (Wildman–Crippen LogP) is 9.06. The highest BCUT2D eigenvalue weighted by atomic mass is 79.9. The van der Waals surface area contributed by atoms with Gasteiger partial charge in [0.05, 0.1) is 26.7 Å². The van der Waals surface area contributed by atoms with Crippen LogP contribution in [0.2, 0.25) is 5.02 Å². The first-order valence-electron chi connectivity index (χ1n) is 13.3. The van der Waals surface area contributed by atoms with Crippen molar-refractivity contribution in [1.82, 2.24) is 10.4 Å². The number of esters is 1. The van der Waals surface area contributed by atoms with Gasteiger partial charge >= 0.3 is 5.97 Å². The second-order valence-corrected chi connectivity index (χ2v) is 11.9. The Morgan fingerprint density at radius 1 is 0.933 bits per heavy atom. The molecule has 0 bridgehead atoms. The minimum absolute atomic E-state index is 0.116. The van der Waals surface area contributed by atoms with E-state index in [0.29, 0.717) is 30.7 Å². The molecule has 0 aliphatic heterocycles. The number of non-ortho nitro benzene ring substituents is 1. The van der Waals surface area contributed by atoms with Crippen molar-refractivity contribution >= 4 is 88.9 Å². The van der Waals surface area contributed by atoms with Gasteiger partial charge in [0.15, 0.2) is 5.75 Å². The zero-order valence-corrected chi connectivity index (χ0v) is 26.8. The molecule has 0 saturated heterocycles. The third kappa shape index (κ3) is 6.10. The van der Waals surface area contributed by atoms with E-state index in [1.165, 1.54) is 30.5 Å². The molecule has 0 spiro atoms. The average Bonchev–Trinajstić information content (AvgIpc) is 3.43. The lowest BCUT2D eigenvalue weighted by atomic mass is 9.99.